The Morgan fingerprint density at radius 3 is 2.89 bits per heavy atom. The van der Waals surface area contributed by atoms with Crippen LogP contribution in [0.1, 0.15) is 26.6 Å². The predicted molar refractivity (Wildman–Crippen MR) is 71.6 cm³/mol. The molecular weight excluding hydrogens is 228 g/mol. The first-order chi connectivity index (χ1) is 8.69. The topological polar surface area (TPSA) is 62.8 Å². The molecule has 0 saturated carbocycles. The van der Waals surface area contributed by atoms with Crippen LogP contribution in [0.4, 0.5) is 0 Å². The fourth-order valence-corrected chi connectivity index (χ4v) is 1.72. The Balaban J connectivity index is 2.07. The van der Waals surface area contributed by atoms with Crippen molar-refractivity contribution in [1.82, 2.24) is 20.3 Å². The quantitative estimate of drug-likeness (QED) is 0.821. The van der Waals surface area contributed by atoms with Gasteiger partial charge in [0, 0.05) is 6.07 Å². The molecule has 18 heavy (non-hydrogen) atoms. The second kappa shape index (κ2) is 5.82. The minimum atomic E-state index is 0.617. The predicted octanol–water partition coefficient (Wildman–Crippen LogP) is 2.10. The number of aromatic amines is 1. The first-order valence-corrected chi connectivity index (χ1v) is 6.38. The number of hydrogen-bond acceptors (Lipinski definition) is 4. The summed E-state index contributed by atoms with van der Waals surface area (Å²) in [7, 11) is 0. The summed E-state index contributed by atoms with van der Waals surface area (Å²) >= 11 is 0. The summed E-state index contributed by atoms with van der Waals surface area (Å²) in [5.74, 6) is 2.17. The Hall–Kier alpha value is -1.62. The van der Waals surface area contributed by atoms with E-state index < -0.39 is 0 Å². The third kappa shape index (κ3) is 3.20. The SMILES string of the molecule is CCOc1ccc2[nH]c(CNCC(C)C)nc2n1. The average Bonchev–Trinajstić information content (AvgIpc) is 2.71. The van der Waals surface area contributed by atoms with Gasteiger partial charge >= 0.3 is 0 Å². The maximum Gasteiger partial charge on any atom is 0.215 e. The summed E-state index contributed by atoms with van der Waals surface area (Å²) in [5, 5.41) is 3.35. The lowest BCUT2D eigenvalue weighted by Gasteiger charge is -2.04. The summed E-state index contributed by atoms with van der Waals surface area (Å²) in [6, 6.07) is 3.81. The largest absolute Gasteiger partial charge is 0.478 e. The van der Waals surface area contributed by atoms with Gasteiger partial charge in [-0.25, -0.2) is 4.98 Å². The molecule has 2 aromatic rings. The van der Waals surface area contributed by atoms with E-state index in [0.29, 0.717) is 24.1 Å². The van der Waals surface area contributed by atoms with E-state index in [9.17, 15) is 0 Å². The van der Waals surface area contributed by atoms with Crippen molar-refractivity contribution in [2.24, 2.45) is 5.92 Å². The number of nitrogens with one attached hydrogen (secondary N) is 2. The van der Waals surface area contributed by atoms with Crippen molar-refractivity contribution in [3.63, 3.8) is 0 Å². The van der Waals surface area contributed by atoms with Crippen molar-refractivity contribution in [2.45, 2.75) is 27.3 Å². The number of nitrogens with zero attached hydrogens (tertiary/aromatic N) is 2. The standard InChI is InChI=1S/C13H20N4O/c1-4-18-12-6-5-10-13(17-12)16-11(15-10)8-14-7-9(2)3/h5-6,9,14H,4,7-8H2,1-3H3,(H,15,16,17). The van der Waals surface area contributed by atoms with Crippen LogP contribution in [0, 0.1) is 5.92 Å². The number of ether oxygens (including phenoxy) is 1. The van der Waals surface area contributed by atoms with Crippen LogP contribution in [0.15, 0.2) is 12.1 Å². The third-order valence-electron chi connectivity index (χ3n) is 2.51. The molecule has 2 rings (SSSR count). The molecule has 0 fully saturated rings. The molecular formula is C13H20N4O. The summed E-state index contributed by atoms with van der Waals surface area (Å²) in [4.78, 5) is 12.0. The van der Waals surface area contributed by atoms with E-state index in [2.05, 4.69) is 34.1 Å². The molecule has 0 aliphatic carbocycles. The smallest absolute Gasteiger partial charge is 0.215 e. The van der Waals surface area contributed by atoms with Crippen molar-refractivity contribution in [1.29, 1.82) is 0 Å². The zero-order valence-electron chi connectivity index (χ0n) is 11.2. The van der Waals surface area contributed by atoms with Gasteiger partial charge in [-0.3, -0.25) is 0 Å². The molecule has 0 aliphatic rings. The highest BCUT2D eigenvalue weighted by Crippen LogP contribution is 2.14. The van der Waals surface area contributed by atoms with Crippen molar-refractivity contribution >= 4 is 11.2 Å². The minimum Gasteiger partial charge on any atom is -0.478 e. The molecule has 2 heterocycles. The van der Waals surface area contributed by atoms with Crippen LogP contribution < -0.4 is 10.1 Å². The molecule has 0 bridgehead atoms. The van der Waals surface area contributed by atoms with Gasteiger partial charge in [-0.05, 0) is 25.5 Å². The van der Waals surface area contributed by atoms with Crippen molar-refractivity contribution in [3.05, 3.63) is 18.0 Å². The van der Waals surface area contributed by atoms with E-state index in [1.54, 1.807) is 0 Å². The maximum absolute atomic E-state index is 5.36. The number of H-pyrrole nitrogens is 1. The zero-order chi connectivity index (χ0) is 13.0. The number of aromatic nitrogens is 3. The minimum absolute atomic E-state index is 0.617. The lowest BCUT2D eigenvalue weighted by Crippen LogP contribution is -2.19. The zero-order valence-corrected chi connectivity index (χ0v) is 11.2. The number of hydrogen-bond donors (Lipinski definition) is 2. The second-order valence-corrected chi connectivity index (χ2v) is 4.66. The van der Waals surface area contributed by atoms with Crippen LogP contribution >= 0.6 is 0 Å². The van der Waals surface area contributed by atoms with E-state index in [4.69, 9.17) is 4.74 Å². The number of rotatable bonds is 6. The first kappa shape index (κ1) is 12.8. The van der Waals surface area contributed by atoms with Crippen LogP contribution in [-0.2, 0) is 6.54 Å². The van der Waals surface area contributed by atoms with Crippen molar-refractivity contribution in [3.8, 4) is 5.88 Å². The fourth-order valence-electron chi connectivity index (χ4n) is 1.72. The van der Waals surface area contributed by atoms with Crippen LogP contribution in [0.25, 0.3) is 11.2 Å². The van der Waals surface area contributed by atoms with Gasteiger partial charge in [0.05, 0.1) is 18.7 Å². The third-order valence-corrected chi connectivity index (χ3v) is 2.51. The van der Waals surface area contributed by atoms with E-state index in [1.807, 2.05) is 19.1 Å². The number of imidazole rings is 1. The van der Waals surface area contributed by atoms with Gasteiger partial charge in [-0.15, -0.1) is 0 Å². The Bertz CT molecular complexity index is 507. The van der Waals surface area contributed by atoms with Gasteiger partial charge in [-0.1, -0.05) is 13.8 Å². The van der Waals surface area contributed by atoms with Crippen molar-refractivity contribution < 1.29 is 4.74 Å². The monoisotopic (exact) mass is 248 g/mol. The van der Waals surface area contributed by atoms with Gasteiger partial charge in [0.1, 0.15) is 5.82 Å². The number of fused-ring (bicyclic) bond motifs is 1. The second-order valence-electron chi connectivity index (χ2n) is 4.66. The molecule has 98 valence electrons. The molecule has 0 unspecified atom stereocenters. The molecule has 0 aliphatic heterocycles. The highest BCUT2D eigenvalue weighted by atomic mass is 16.5. The Labute approximate surface area is 107 Å². The van der Waals surface area contributed by atoms with Gasteiger partial charge in [0.15, 0.2) is 5.65 Å². The molecule has 0 saturated heterocycles. The van der Waals surface area contributed by atoms with Crippen LogP contribution in [0.5, 0.6) is 5.88 Å². The average molecular weight is 248 g/mol. The highest BCUT2D eigenvalue weighted by Gasteiger charge is 2.05. The van der Waals surface area contributed by atoms with E-state index in [1.165, 1.54) is 0 Å². The number of pyridine rings is 1. The highest BCUT2D eigenvalue weighted by molar-refractivity contribution is 5.71. The Morgan fingerprint density at radius 2 is 2.17 bits per heavy atom. The van der Waals surface area contributed by atoms with E-state index in [0.717, 1.165) is 24.4 Å². The normalized spacial score (nSPS) is 11.3. The van der Waals surface area contributed by atoms with Crippen LogP contribution in [0.2, 0.25) is 0 Å². The van der Waals surface area contributed by atoms with Gasteiger partial charge in [0.25, 0.3) is 0 Å². The summed E-state index contributed by atoms with van der Waals surface area (Å²) in [6.45, 7) is 8.64. The lowest BCUT2D eigenvalue weighted by molar-refractivity contribution is 0.328. The summed E-state index contributed by atoms with van der Waals surface area (Å²) < 4.78 is 5.36. The van der Waals surface area contributed by atoms with Gasteiger partial charge in [-0.2, -0.15) is 4.98 Å². The first-order valence-electron chi connectivity index (χ1n) is 6.38. The maximum atomic E-state index is 5.36. The lowest BCUT2D eigenvalue weighted by atomic mass is 10.2. The van der Waals surface area contributed by atoms with E-state index in [-0.39, 0.29) is 0 Å². The molecule has 5 heteroatoms. The molecule has 0 amide bonds. The summed E-state index contributed by atoms with van der Waals surface area (Å²) in [5.41, 5.74) is 1.65. The molecule has 0 atom stereocenters. The molecule has 2 aromatic heterocycles. The fraction of sp³-hybridized carbons (Fsp3) is 0.538. The molecule has 0 aromatic carbocycles. The van der Waals surface area contributed by atoms with Crippen molar-refractivity contribution in [2.75, 3.05) is 13.2 Å². The molecule has 0 spiro atoms. The molecule has 2 N–H and O–H groups in total. The Kier molecular flexibility index (Phi) is 4.15. The molecule has 5 nitrogen and oxygen atoms in total. The van der Waals surface area contributed by atoms with Gasteiger partial charge < -0.3 is 15.0 Å². The van der Waals surface area contributed by atoms with Crippen LogP contribution in [0.3, 0.4) is 0 Å². The van der Waals surface area contributed by atoms with Gasteiger partial charge in [0.2, 0.25) is 5.88 Å². The molecule has 0 radical (unpaired) electrons. The Morgan fingerprint density at radius 1 is 1.33 bits per heavy atom. The van der Waals surface area contributed by atoms with Crippen LogP contribution in [-0.4, -0.2) is 28.1 Å². The van der Waals surface area contributed by atoms with E-state index >= 15 is 0 Å². The summed E-state index contributed by atoms with van der Waals surface area (Å²) in [6.07, 6.45) is 0.